The maximum absolute atomic E-state index is 10.7. The summed E-state index contributed by atoms with van der Waals surface area (Å²) in [7, 11) is -2.62. The standard InChI is InChI=1S/C10H22O4S/c1-3-4-5-6-7-8-9-10-14-15(11,12)13-2/h3-10H2,1-2H3. The van der Waals surface area contributed by atoms with Gasteiger partial charge in [0.05, 0.1) is 13.7 Å². The van der Waals surface area contributed by atoms with Gasteiger partial charge < -0.3 is 0 Å². The number of unbranched alkanes of at least 4 members (excludes halogenated alkanes) is 6. The Labute approximate surface area is 93.3 Å². The second-order valence-electron chi connectivity index (χ2n) is 3.52. The van der Waals surface area contributed by atoms with Crippen molar-refractivity contribution in [1.82, 2.24) is 0 Å². The van der Waals surface area contributed by atoms with Gasteiger partial charge in [-0.05, 0) is 6.42 Å². The molecule has 0 aliphatic heterocycles. The Morgan fingerprint density at radius 2 is 1.47 bits per heavy atom. The first-order valence-corrected chi connectivity index (χ1v) is 6.90. The van der Waals surface area contributed by atoms with E-state index in [1.165, 1.54) is 25.7 Å². The van der Waals surface area contributed by atoms with E-state index in [-0.39, 0.29) is 6.61 Å². The molecule has 0 heterocycles. The summed E-state index contributed by atoms with van der Waals surface area (Å²) in [6, 6.07) is 0. The summed E-state index contributed by atoms with van der Waals surface area (Å²) in [5, 5.41) is 0. The van der Waals surface area contributed by atoms with Gasteiger partial charge >= 0.3 is 10.4 Å². The summed E-state index contributed by atoms with van der Waals surface area (Å²) in [5.74, 6) is 0. The zero-order chi connectivity index (χ0) is 11.6. The quantitative estimate of drug-likeness (QED) is 0.549. The van der Waals surface area contributed by atoms with Crippen LogP contribution in [0.5, 0.6) is 0 Å². The van der Waals surface area contributed by atoms with E-state index in [9.17, 15) is 8.42 Å². The van der Waals surface area contributed by atoms with Crippen molar-refractivity contribution in [2.24, 2.45) is 0 Å². The van der Waals surface area contributed by atoms with Crippen molar-refractivity contribution in [1.29, 1.82) is 0 Å². The first-order chi connectivity index (χ1) is 7.12. The third kappa shape index (κ3) is 10.2. The van der Waals surface area contributed by atoms with Crippen LogP contribution in [0, 0.1) is 0 Å². The van der Waals surface area contributed by atoms with Crippen molar-refractivity contribution >= 4 is 10.4 Å². The summed E-state index contributed by atoms with van der Waals surface area (Å²) in [4.78, 5) is 0. The van der Waals surface area contributed by atoms with Crippen LogP contribution >= 0.6 is 0 Å². The summed E-state index contributed by atoms with van der Waals surface area (Å²) in [6.45, 7) is 2.41. The monoisotopic (exact) mass is 238 g/mol. The summed E-state index contributed by atoms with van der Waals surface area (Å²) in [6.07, 6.45) is 7.97. The van der Waals surface area contributed by atoms with Crippen LogP contribution in [-0.2, 0) is 18.8 Å². The minimum Gasteiger partial charge on any atom is -0.252 e. The highest BCUT2D eigenvalue weighted by atomic mass is 32.3. The molecular weight excluding hydrogens is 216 g/mol. The van der Waals surface area contributed by atoms with Crippen LogP contribution in [-0.4, -0.2) is 22.1 Å². The largest absolute Gasteiger partial charge is 0.399 e. The van der Waals surface area contributed by atoms with E-state index >= 15 is 0 Å². The molecule has 0 aromatic heterocycles. The molecule has 0 saturated carbocycles. The predicted molar refractivity (Wildman–Crippen MR) is 59.9 cm³/mol. The molecule has 0 aliphatic rings. The van der Waals surface area contributed by atoms with E-state index in [0.717, 1.165) is 26.4 Å². The van der Waals surface area contributed by atoms with Gasteiger partial charge in [0.25, 0.3) is 0 Å². The Hall–Kier alpha value is -0.130. The molecule has 0 radical (unpaired) electrons. The smallest absolute Gasteiger partial charge is 0.252 e. The van der Waals surface area contributed by atoms with E-state index in [4.69, 9.17) is 0 Å². The first kappa shape index (κ1) is 14.9. The molecule has 92 valence electrons. The molecule has 0 amide bonds. The first-order valence-electron chi connectivity index (χ1n) is 5.57. The fourth-order valence-corrected chi connectivity index (χ4v) is 1.69. The number of rotatable bonds is 10. The molecule has 15 heavy (non-hydrogen) atoms. The van der Waals surface area contributed by atoms with Gasteiger partial charge in [-0.25, -0.2) is 4.18 Å². The molecule has 0 rings (SSSR count). The fourth-order valence-electron chi connectivity index (χ4n) is 1.27. The Morgan fingerprint density at radius 3 is 2.00 bits per heavy atom. The van der Waals surface area contributed by atoms with Crippen LogP contribution in [0.25, 0.3) is 0 Å². The van der Waals surface area contributed by atoms with Crippen LogP contribution < -0.4 is 0 Å². The highest BCUT2D eigenvalue weighted by molar-refractivity contribution is 7.81. The summed E-state index contributed by atoms with van der Waals surface area (Å²) in [5.41, 5.74) is 0. The zero-order valence-corrected chi connectivity index (χ0v) is 10.5. The van der Waals surface area contributed by atoms with Crippen molar-refractivity contribution in [2.75, 3.05) is 13.7 Å². The zero-order valence-electron chi connectivity index (χ0n) is 9.70. The van der Waals surface area contributed by atoms with Gasteiger partial charge in [0.15, 0.2) is 0 Å². The van der Waals surface area contributed by atoms with E-state index in [0.29, 0.717) is 0 Å². The van der Waals surface area contributed by atoms with Crippen molar-refractivity contribution in [3.63, 3.8) is 0 Å². The number of hydrogen-bond acceptors (Lipinski definition) is 4. The van der Waals surface area contributed by atoms with Crippen LogP contribution in [0.15, 0.2) is 0 Å². The van der Waals surface area contributed by atoms with E-state index < -0.39 is 10.4 Å². The highest BCUT2D eigenvalue weighted by Gasteiger charge is 2.07. The highest BCUT2D eigenvalue weighted by Crippen LogP contribution is 2.07. The molecule has 0 atom stereocenters. The minimum atomic E-state index is -3.72. The van der Waals surface area contributed by atoms with Crippen LogP contribution in [0.2, 0.25) is 0 Å². The van der Waals surface area contributed by atoms with E-state index in [1.54, 1.807) is 0 Å². The SMILES string of the molecule is CCCCCCCCCOS(=O)(=O)OC. The van der Waals surface area contributed by atoms with Gasteiger partial charge in [0.2, 0.25) is 0 Å². The lowest BCUT2D eigenvalue weighted by atomic mass is 10.1. The molecular formula is C10H22O4S. The second-order valence-corrected chi connectivity index (χ2v) is 4.90. The lowest BCUT2D eigenvalue weighted by molar-refractivity contribution is 0.238. The molecule has 0 unspecified atom stereocenters. The predicted octanol–water partition coefficient (Wildman–Crippen LogP) is 2.64. The molecule has 4 nitrogen and oxygen atoms in total. The molecule has 0 saturated heterocycles. The topological polar surface area (TPSA) is 52.6 Å². The molecule has 0 aromatic rings. The minimum absolute atomic E-state index is 0.226. The maximum Gasteiger partial charge on any atom is 0.399 e. The van der Waals surface area contributed by atoms with Gasteiger partial charge in [-0.15, -0.1) is 0 Å². The Balaban J connectivity index is 3.19. The van der Waals surface area contributed by atoms with Gasteiger partial charge in [-0.1, -0.05) is 45.4 Å². The van der Waals surface area contributed by atoms with Crippen LogP contribution in [0.3, 0.4) is 0 Å². The third-order valence-corrected chi connectivity index (χ3v) is 3.04. The summed E-state index contributed by atoms with van der Waals surface area (Å²) < 4.78 is 30.2. The average Bonchev–Trinajstić information content (AvgIpc) is 2.22. The fraction of sp³-hybridized carbons (Fsp3) is 1.00. The normalized spacial score (nSPS) is 11.9. The second kappa shape index (κ2) is 9.12. The van der Waals surface area contributed by atoms with E-state index in [2.05, 4.69) is 15.3 Å². The third-order valence-electron chi connectivity index (χ3n) is 2.18. The van der Waals surface area contributed by atoms with Gasteiger partial charge in [0.1, 0.15) is 0 Å². The van der Waals surface area contributed by atoms with Crippen molar-refractivity contribution in [3.8, 4) is 0 Å². The molecule has 0 aromatic carbocycles. The summed E-state index contributed by atoms with van der Waals surface area (Å²) >= 11 is 0. The Kier molecular flexibility index (Phi) is 9.04. The average molecular weight is 238 g/mol. The molecule has 5 heteroatoms. The Bertz CT molecular complexity index is 224. The van der Waals surface area contributed by atoms with Crippen molar-refractivity contribution in [3.05, 3.63) is 0 Å². The number of hydrogen-bond donors (Lipinski definition) is 0. The van der Waals surface area contributed by atoms with Crippen LogP contribution in [0.4, 0.5) is 0 Å². The molecule has 0 fully saturated rings. The lowest BCUT2D eigenvalue weighted by Gasteiger charge is -2.02. The van der Waals surface area contributed by atoms with Gasteiger partial charge in [-0.3, -0.25) is 4.18 Å². The van der Waals surface area contributed by atoms with Crippen molar-refractivity contribution in [2.45, 2.75) is 51.9 Å². The van der Waals surface area contributed by atoms with Gasteiger partial charge in [0, 0.05) is 0 Å². The molecule has 0 bridgehead atoms. The maximum atomic E-state index is 10.7. The Morgan fingerprint density at radius 1 is 0.933 bits per heavy atom. The molecule has 0 N–H and O–H groups in total. The molecule has 0 aliphatic carbocycles. The lowest BCUT2D eigenvalue weighted by Crippen LogP contribution is -2.08. The van der Waals surface area contributed by atoms with Crippen LogP contribution in [0.1, 0.15) is 51.9 Å². The van der Waals surface area contributed by atoms with Crippen molar-refractivity contribution < 1.29 is 16.8 Å². The van der Waals surface area contributed by atoms with Gasteiger partial charge in [-0.2, -0.15) is 8.42 Å². The molecule has 0 spiro atoms. The van der Waals surface area contributed by atoms with E-state index in [1.807, 2.05) is 0 Å².